The van der Waals surface area contributed by atoms with E-state index in [1.807, 2.05) is 6.92 Å². The molecular weight excluding hydrogens is 238 g/mol. The van der Waals surface area contributed by atoms with Crippen molar-refractivity contribution in [2.24, 2.45) is 11.7 Å². The molecule has 0 radical (unpaired) electrons. The van der Waals surface area contributed by atoms with E-state index in [0.717, 1.165) is 38.5 Å². The predicted molar refractivity (Wildman–Crippen MR) is 78.9 cm³/mol. The average Bonchev–Trinajstić information content (AvgIpc) is 2.38. The number of carbonyl (C=O) groups is 1. The second-order valence-electron chi connectivity index (χ2n) is 6.40. The fourth-order valence-corrected chi connectivity index (χ4v) is 2.70. The van der Waals surface area contributed by atoms with Gasteiger partial charge in [-0.1, -0.05) is 33.1 Å². The Morgan fingerprint density at radius 2 is 1.95 bits per heavy atom. The van der Waals surface area contributed by atoms with Gasteiger partial charge in [0.2, 0.25) is 0 Å². The molecule has 1 aliphatic carbocycles. The summed E-state index contributed by atoms with van der Waals surface area (Å²) in [5.41, 5.74) is 5.50. The van der Waals surface area contributed by atoms with E-state index in [0.29, 0.717) is 5.92 Å². The summed E-state index contributed by atoms with van der Waals surface area (Å²) in [5, 5.41) is 0. The zero-order valence-electron chi connectivity index (χ0n) is 12.9. The molecule has 0 aromatic rings. The molecule has 0 spiro atoms. The molecule has 1 aliphatic rings. The van der Waals surface area contributed by atoms with Crippen molar-refractivity contribution in [2.75, 3.05) is 0 Å². The first-order valence-corrected chi connectivity index (χ1v) is 7.98. The van der Waals surface area contributed by atoms with Crippen LogP contribution < -0.4 is 5.73 Å². The maximum Gasteiger partial charge on any atom is 0.326 e. The third kappa shape index (κ3) is 5.52. The van der Waals surface area contributed by atoms with Gasteiger partial charge in [-0.25, -0.2) is 0 Å². The van der Waals surface area contributed by atoms with Crippen molar-refractivity contribution < 1.29 is 9.53 Å². The molecule has 2 N–H and O–H groups in total. The first-order valence-electron chi connectivity index (χ1n) is 7.98. The number of unbranched alkanes of at least 4 members (excludes halogenated alkanes) is 3. The zero-order valence-corrected chi connectivity index (χ0v) is 12.9. The largest absolute Gasteiger partial charge is 0.461 e. The summed E-state index contributed by atoms with van der Waals surface area (Å²) in [6.07, 6.45) is 9.44. The van der Waals surface area contributed by atoms with Crippen LogP contribution in [0.25, 0.3) is 0 Å². The third-order valence-corrected chi connectivity index (χ3v) is 4.35. The molecule has 0 heterocycles. The Morgan fingerprint density at radius 1 is 1.32 bits per heavy atom. The highest BCUT2D eigenvalue weighted by atomic mass is 16.5. The summed E-state index contributed by atoms with van der Waals surface area (Å²) < 4.78 is 5.54. The van der Waals surface area contributed by atoms with Crippen LogP contribution in [0.1, 0.15) is 78.6 Å². The molecule has 112 valence electrons. The monoisotopic (exact) mass is 269 g/mol. The molecule has 1 atom stereocenters. The molecule has 0 aromatic heterocycles. The Kier molecular flexibility index (Phi) is 6.84. The van der Waals surface area contributed by atoms with Gasteiger partial charge in [0, 0.05) is 0 Å². The van der Waals surface area contributed by atoms with Crippen molar-refractivity contribution in [1.29, 1.82) is 0 Å². The van der Waals surface area contributed by atoms with Crippen LogP contribution in [0.4, 0.5) is 0 Å². The molecule has 1 saturated carbocycles. The summed E-state index contributed by atoms with van der Waals surface area (Å²) in [7, 11) is 0. The Bertz CT molecular complexity index is 270. The van der Waals surface area contributed by atoms with Crippen molar-refractivity contribution in [3.05, 3.63) is 0 Å². The smallest absolute Gasteiger partial charge is 0.326 e. The van der Waals surface area contributed by atoms with Crippen molar-refractivity contribution in [3.63, 3.8) is 0 Å². The van der Waals surface area contributed by atoms with Gasteiger partial charge < -0.3 is 10.5 Å². The lowest BCUT2D eigenvalue weighted by molar-refractivity contribution is -0.156. The molecule has 1 fully saturated rings. The highest BCUT2D eigenvalue weighted by molar-refractivity contribution is 5.80. The Balaban J connectivity index is 2.29. The predicted octanol–water partition coefficient (Wildman–Crippen LogP) is 3.80. The minimum Gasteiger partial charge on any atom is -0.461 e. The number of ether oxygens (including phenoxy) is 1. The van der Waals surface area contributed by atoms with Crippen LogP contribution in [0.3, 0.4) is 0 Å². The topological polar surface area (TPSA) is 52.3 Å². The molecule has 19 heavy (non-hydrogen) atoms. The van der Waals surface area contributed by atoms with Gasteiger partial charge in [0.25, 0.3) is 0 Å². The van der Waals surface area contributed by atoms with E-state index >= 15 is 0 Å². The van der Waals surface area contributed by atoms with Crippen molar-refractivity contribution in [3.8, 4) is 0 Å². The normalized spacial score (nSPS) is 28.9. The molecule has 3 heteroatoms. The minimum atomic E-state index is -0.718. The lowest BCUT2D eigenvalue weighted by Crippen LogP contribution is -2.52. The summed E-state index contributed by atoms with van der Waals surface area (Å²) in [5.74, 6) is 0.512. The van der Waals surface area contributed by atoms with E-state index in [1.54, 1.807) is 0 Å². The third-order valence-electron chi connectivity index (χ3n) is 4.35. The van der Waals surface area contributed by atoms with Gasteiger partial charge in [-0.3, -0.25) is 4.79 Å². The molecule has 0 bridgehead atoms. The van der Waals surface area contributed by atoms with Gasteiger partial charge in [-0.2, -0.15) is 0 Å². The van der Waals surface area contributed by atoms with Crippen LogP contribution in [0.5, 0.6) is 0 Å². The standard InChI is InChI=1S/C16H31NO2/c1-4-5-6-7-8-14(3)19-15(18)16(17)11-9-13(2)10-12-16/h13-14H,4-12,17H2,1-3H3. The SMILES string of the molecule is CCCCCCC(C)OC(=O)C1(N)CCC(C)CC1. The van der Waals surface area contributed by atoms with Gasteiger partial charge in [0.15, 0.2) is 0 Å². The van der Waals surface area contributed by atoms with Gasteiger partial charge >= 0.3 is 5.97 Å². The number of rotatable bonds is 7. The summed E-state index contributed by atoms with van der Waals surface area (Å²) in [6.45, 7) is 6.41. The van der Waals surface area contributed by atoms with Crippen molar-refractivity contribution >= 4 is 5.97 Å². The fourth-order valence-electron chi connectivity index (χ4n) is 2.70. The zero-order chi connectivity index (χ0) is 14.3. The van der Waals surface area contributed by atoms with Gasteiger partial charge in [0.05, 0.1) is 6.10 Å². The van der Waals surface area contributed by atoms with E-state index < -0.39 is 5.54 Å². The van der Waals surface area contributed by atoms with E-state index in [1.165, 1.54) is 19.3 Å². The molecule has 1 rings (SSSR count). The van der Waals surface area contributed by atoms with E-state index in [9.17, 15) is 4.79 Å². The number of hydrogen-bond donors (Lipinski definition) is 1. The van der Waals surface area contributed by atoms with Crippen LogP contribution >= 0.6 is 0 Å². The maximum absolute atomic E-state index is 12.2. The summed E-state index contributed by atoms with van der Waals surface area (Å²) in [6, 6.07) is 0. The second-order valence-corrected chi connectivity index (χ2v) is 6.40. The molecule has 3 nitrogen and oxygen atoms in total. The molecule has 0 saturated heterocycles. The van der Waals surface area contributed by atoms with Gasteiger partial charge in [-0.05, 0) is 51.4 Å². The highest BCUT2D eigenvalue weighted by Crippen LogP contribution is 2.31. The lowest BCUT2D eigenvalue weighted by atomic mass is 9.78. The lowest BCUT2D eigenvalue weighted by Gasteiger charge is -2.34. The Hall–Kier alpha value is -0.570. The molecule has 0 aromatic carbocycles. The number of carbonyl (C=O) groups excluding carboxylic acids is 1. The number of hydrogen-bond acceptors (Lipinski definition) is 3. The van der Waals surface area contributed by atoms with E-state index in [2.05, 4.69) is 13.8 Å². The minimum absolute atomic E-state index is 0.00383. The van der Waals surface area contributed by atoms with Crippen LogP contribution in [-0.4, -0.2) is 17.6 Å². The van der Waals surface area contributed by atoms with Crippen LogP contribution in [0.15, 0.2) is 0 Å². The highest BCUT2D eigenvalue weighted by Gasteiger charge is 2.39. The maximum atomic E-state index is 12.2. The average molecular weight is 269 g/mol. The van der Waals surface area contributed by atoms with E-state index in [4.69, 9.17) is 10.5 Å². The van der Waals surface area contributed by atoms with Gasteiger partial charge in [0.1, 0.15) is 5.54 Å². The fraction of sp³-hybridized carbons (Fsp3) is 0.938. The van der Waals surface area contributed by atoms with Gasteiger partial charge in [-0.15, -0.1) is 0 Å². The van der Waals surface area contributed by atoms with E-state index in [-0.39, 0.29) is 12.1 Å². The Labute approximate surface area is 118 Å². The van der Waals surface area contributed by atoms with Crippen molar-refractivity contribution in [2.45, 2.75) is 90.2 Å². The Morgan fingerprint density at radius 3 is 2.53 bits per heavy atom. The van der Waals surface area contributed by atoms with Crippen LogP contribution in [-0.2, 0) is 9.53 Å². The first kappa shape index (κ1) is 16.5. The quantitative estimate of drug-likeness (QED) is 0.565. The summed E-state index contributed by atoms with van der Waals surface area (Å²) in [4.78, 5) is 12.2. The molecular formula is C16H31NO2. The number of nitrogens with two attached hydrogens (primary N) is 1. The van der Waals surface area contributed by atoms with Crippen LogP contribution in [0.2, 0.25) is 0 Å². The number of esters is 1. The molecule has 1 unspecified atom stereocenters. The summed E-state index contributed by atoms with van der Waals surface area (Å²) >= 11 is 0. The second kappa shape index (κ2) is 7.88. The van der Waals surface area contributed by atoms with Crippen LogP contribution in [0, 0.1) is 5.92 Å². The van der Waals surface area contributed by atoms with Crippen molar-refractivity contribution in [1.82, 2.24) is 0 Å². The first-order chi connectivity index (χ1) is 8.98. The molecule has 0 aliphatic heterocycles. The molecule has 0 amide bonds.